The van der Waals surface area contributed by atoms with Gasteiger partial charge in [0, 0.05) is 0 Å². The smallest absolute Gasteiger partial charge is 0.524 e. The quantitative estimate of drug-likeness (QED) is 0.446. The summed E-state index contributed by atoms with van der Waals surface area (Å²) in [6.07, 6.45) is 0. The molecule has 4 fully saturated rings. The Morgan fingerprint density at radius 3 is 0.840 bits per heavy atom. The summed E-state index contributed by atoms with van der Waals surface area (Å²) in [6.45, 7) is 22.1. The molecule has 0 amide bonds. The molecule has 266 valence electrons. The third-order valence-electron chi connectivity index (χ3n) is 11.3. The molecule has 0 radical (unpaired) electrons. The summed E-state index contributed by atoms with van der Waals surface area (Å²) in [5.74, 6) is 2.85. The van der Waals surface area contributed by atoms with Crippen LogP contribution >= 0.6 is 0 Å². The zero-order valence-corrected chi connectivity index (χ0v) is 32.0. The maximum Gasteiger partial charge on any atom is 0.658 e. The molecule has 4 saturated heterocycles. The van der Waals surface area contributed by atoms with Gasteiger partial charge in [0.25, 0.3) is 0 Å². The Hall–Kier alpha value is -2.29. The third-order valence-corrected chi connectivity index (χ3v) is 11.3. The molecular weight excluding hydrogens is 633 g/mol. The van der Waals surface area contributed by atoms with Gasteiger partial charge in [0.15, 0.2) is 0 Å². The van der Waals surface area contributed by atoms with Gasteiger partial charge in [-0.15, -0.1) is 0 Å². The Balaban J connectivity index is 0.000000131. The zero-order chi connectivity index (χ0) is 36.2. The molecule has 0 unspecified atom stereocenters. The SMILES string of the molecule is CC1(C)OB(B2OC(C)(C)C(C)(C)O2)OC1(C)C.CN1CCN(C)B1B1N(C)CCN1C.c1ccc2c(c1)OB(B1Oc3ccccc3O1)O2. The van der Waals surface area contributed by atoms with Gasteiger partial charge in [0.1, 0.15) is 23.0 Å². The molecule has 6 aliphatic rings. The Kier molecular flexibility index (Phi) is 10.4. The number of benzene rings is 2. The first-order chi connectivity index (χ1) is 23.4. The summed E-state index contributed by atoms with van der Waals surface area (Å²) in [7, 11) is 6.82. The van der Waals surface area contributed by atoms with Gasteiger partial charge < -0.3 is 56.5 Å². The topological polar surface area (TPSA) is 86.8 Å². The van der Waals surface area contributed by atoms with Crippen molar-refractivity contribution in [3.05, 3.63) is 48.5 Å². The second kappa shape index (κ2) is 13.9. The first kappa shape index (κ1) is 37.5. The van der Waals surface area contributed by atoms with Crippen molar-refractivity contribution in [2.24, 2.45) is 0 Å². The van der Waals surface area contributed by atoms with E-state index in [-0.39, 0.29) is 22.4 Å². The van der Waals surface area contributed by atoms with Gasteiger partial charge in [-0.3, -0.25) is 0 Å². The lowest BCUT2D eigenvalue weighted by Crippen LogP contribution is -2.63. The molecule has 0 spiro atoms. The molecule has 12 nitrogen and oxygen atoms in total. The van der Waals surface area contributed by atoms with Crippen LogP contribution in [0.15, 0.2) is 48.5 Å². The van der Waals surface area contributed by atoms with Crippen molar-refractivity contribution in [2.45, 2.75) is 77.8 Å². The van der Waals surface area contributed by atoms with E-state index in [1.165, 1.54) is 26.2 Å². The van der Waals surface area contributed by atoms with Crippen LogP contribution in [0.3, 0.4) is 0 Å². The van der Waals surface area contributed by atoms with Gasteiger partial charge >= 0.3 is 41.8 Å². The van der Waals surface area contributed by atoms with Crippen molar-refractivity contribution in [2.75, 3.05) is 54.4 Å². The Labute approximate surface area is 301 Å². The van der Waals surface area contributed by atoms with Gasteiger partial charge in [-0.1, -0.05) is 24.3 Å². The second-order valence-corrected chi connectivity index (χ2v) is 16.1. The van der Waals surface area contributed by atoms with Gasteiger partial charge in [0.2, 0.25) is 0 Å². The van der Waals surface area contributed by atoms with E-state index in [2.05, 4.69) is 47.4 Å². The Bertz CT molecular complexity index is 1300. The molecule has 0 N–H and O–H groups in total. The highest BCUT2D eigenvalue weighted by molar-refractivity contribution is 7.17. The summed E-state index contributed by atoms with van der Waals surface area (Å²) in [6, 6.07) is 15.0. The highest BCUT2D eigenvalue weighted by Gasteiger charge is 2.64. The van der Waals surface area contributed by atoms with Gasteiger partial charge in [-0.05, 0) is 134 Å². The monoisotopic (exact) mass is 686 g/mol. The van der Waals surface area contributed by atoms with Gasteiger partial charge in [-0.25, -0.2) is 0 Å². The highest BCUT2D eigenvalue weighted by Crippen LogP contribution is 2.43. The summed E-state index contributed by atoms with van der Waals surface area (Å²) in [4.78, 5) is 9.85. The Morgan fingerprint density at radius 1 is 0.400 bits per heavy atom. The summed E-state index contributed by atoms with van der Waals surface area (Å²) >= 11 is 0. The van der Waals surface area contributed by atoms with E-state index < -0.39 is 28.0 Å². The van der Waals surface area contributed by atoms with E-state index in [1.54, 1.807) is 0 Å². The largest absolute Gasteiger partial charge is 0.658 e. The highest BCUT2D eigenvalue weighted by atomic mass is 16.7. The van der Waals surface area contributed by atoms with Crippen LogP contribution in [-0.2, 0) is 18.6 Å². The molecular formula is C32H52B6N4O8. The number of nitrogens with zero attached hydrogens (tertiary/aromatic N) is 4. The van der Waals surface area contributed by atoms with Crippen LogP contribution in [0.25, 0.3) is 0 Å². The molecule has 0 aromatic heterocycles. The van der Waals surface area contributed by atoms with Crippen LogP contribution in [0.5, 0.6) is 23.0 Å². The van der Waals surface area contributed by atoms with Crippen molar-refractivity contribution < 1.29 is 37.2 Å². The fourth-order valence-corrected chi connectivity index (χ4v) is 6.80. The van der Waals surface area contributed by atoms with Crippen LogP contribution in [0, 0.1) is 0 Å². The van der Waals surface area contributed by atoms with E-state index in [9.17, 15) is 0 Å². The lowest BCUT2D eigenvalue weighted by atomic mass is 9.32. The molecule has 18 heteroatoms. The van der Waals surface area contributed by atoms with E-state index in [4.69, 9.17) is 37.2 Å². The molecule has 0 atom stereocenters. The first-order valence-corrected chi connectivity index (χ1v) is 17.8. The molecule has 8 rings (SSSR count). The van der Waals surface area contributed by atoms with Crippen LogP contribution < -0.4 is 18.6 Å². The Morgan fingerprint density at radius 2 is 0.620 bits per heavy atom. The molecule has 50 heavy (non-hydrogen) atoms. The minimum absolute atomic E-state index is 0.360. The van der Waals surface area contributed by atoms with E-state index in [1.807, 2.05) is 104 Å². The summed E-state index contributed by atoms with van der Waals surface area (Å²) in [5.41, 5.74) is -1.44. The van der Waals surface area contributed by atoms with Gasteiger partial charge in [-0.2, -0.15) is 0 Å². The first-order valence-electron chi connectivity index (χ1n) is 17.8. The minimum atomic E-state index is -0.574. The summed E-state index contributed by atoms with van der Waals surface area (Å²) < 4.78 is 46.4. The normalized spacial score (nSPS) is 24.9. The zero-order valence-electron chi connectivity index (χ0n) is 32.0. The molecule has 0 saturated carbocycles. The van der Waals surface area contributed by atoms with Crippen LogP contribution in [0.4, 0.5) is 0 Å². The number of para-hydroxylation sites is 4. The average molecular weight is 686 g/mol. The van der Waals surface area contributed by atoms with Crippen molar-refractivity contribution in [3.8, 4) is 23.0 Å². The number of hydrogen-bond acceptors (Lipinski definition) is 12. The number of hydrogen-bond donors (Lipinski definition) is 0. The maximum absolute atomic E-state index is 5.96. The van der Waals surface area contributed by atoms with Crippen molar-refractivity contribution in [1.82, 2.24) is 19.2 Å². The summed E-state index contributed by atoms with van der Waals surface area (Å²) in [5, 5.41) is 0. The molecule has 0 aliphatic carbocycles. The minimum Gasteiger partial charge on any atom is -0.524 e. The van der Waals surface area contributed by atoms with E-state index >= 15 is 0 Å². The molecule has 6 heterocycles. The standard InChI is InChI=1S/C12H8B2O4.C12H24B2O4.C8H20B2N4/c1-2-6-10-9(5-1)15-13(16-10)14-17-11-7-3-4-8-12(11)18-14;1-9(2)10(3,4)16-13(15-9)14-17-11(5,6)12(7,8)18-14;1-11-5-6-12(2)9(11)10-13(3)7-8-14(10)4/h1-8H;1-8H3;5-8H2,1-4H3. The molecule has 2 aromatic rings. The fraction of sp³-hybridized carbons (Fsp3) is 0.625. The lowest BCUT2D eigenvalue weighted by Gasteiger charge is -2.32. The maximum atomic E-state index is 5.96. The van der Waals surface area contributed by atoms with Crippen molar-refractivity contribution >= 4 is 41.8 Å². The average Bonchev–Trinajstić information content (AvgIpc) is 3.87. The van der Waals surface area contributed by atoms with Gasteiger partial charge in [0.05, 0.1) is 22.4 Å². The number of likely N-dealkylation sites (N-methyl/N-ethyl adjacent to an activating group) is 4. The second-order valence-electron chi connectivity index (χ2n) is 16.1. The number of rotatable bonds is 3. The van der Waals surface area contributed by atoms with E-state index in [0.29, 0.717) is 36.7 Å². The predicted octanol–water partition coefficient (Wildman–Crippen LogP) is 3.03. The van der Waals surface area contributed by atoms with Crippen molar-refractivity contribution in [3.63, 3.8) is 0 Å². The number of fused-ring (bicyclic) bond motifs is 2. The van der Waals surface area contributed by atoms with Crippen molar-refractivity contribution in [1.29, 1.82) is 0 Å². The fourth-order valence-electron chi connectivity index (χ4n) is 6.80. The predicted molar refractivity (Wildman–Crippen MR) is 201 cm³/mol. The third kappa shape index (κ3) is 7.32. The molecule has 2 aromatic carbocycles. The van der Waals surface area contributed by atoms with E-state index in [0.717, 1.165) is 0 Å². The van der Waals surface area contributed by atoms with Crippen LogP contribution in [0.2, 0.25) is 0 Å². The lowest BCUT2D eigenvalue weighted by molar-refractivity contribution is 0.00578. The van der Waals surface area contributed by atoms with Crippen LogP contribution in [-0.4, -0.2) is 138 Å². The van der Waals surface area contributed by atoms with Crippen LogP contribution in [0.1, 0.15) is 55.4 Å². The molecule has 0 bridgehead atoms. The molecule has 6 aliphatic heterocycles.